The lowest BCUT2D eigenvalue weighted by atomic mass is 10.0. The van der Waals surface area contributed by atoms with Crippen LogP contribution in [0.2, 0.25) is 0 Å². The van der Waals surface area contributed by atoms with E-state index in [-0.39, 0.29) is 18.5 Å². The minimum Gasteiger partial charge on any atom is -0.466 e. The number of hydrogen-bond donors (Lipinski definition) is 3. The number of esters is 1. The first-order valence-corrected chi connectivity index (χ1v) is 27.4. The fraction of sp³-hybridized carbons (Fsp3) is 0.825. The number of nitrogens with one attached hydrogen (secondary N) is 1. The molecule has 0 aliphatic rings. The molecule has 0 fully saturated rings. The predicted molar refractivity (Wildman–Crippen MR) is 273 cm³/mol. The Morgan fingerprint density at radius 2 is 0.794 bits per heavy atom. The van der Waals surface area contributed by atoms with Crippen LogP contribution in [0.3, 0.4) is 0 Å². The molecule has 0 aliphatic carbocycles. The van der Waals surface area contributed by atoms with Gasteiger partial charge in [0.05, 0.1) is 25.4 Å². The van der Waals surface area contributed by atoms with E-state index in [0.717, 1.165) is 77.0 Å². The number of carbonyl (C=O) groups excluding carboxylic acids is 2. The fourth-order valence-electron chi connectivity index (χ4n) is 8.09. The van der Waals surface area contributed by atoms with Gasteiger partial charge in [-0.25, -0.2) is 0 Å². The van der Waals surface area contributed by atoms with Crippen LogP contribution in [-0.4, -0.2) is 47.4 Å². The SMILES string of the molecule is CCCCC/C=C\CCCCCCCC(=O)OCCCCC/C=C\C=C/CCCCCCCCC(=O)NC(CO)C(O)/C=C/CCCCCCCCCCCCCCCCCCC. The summed E-state index contributed by atoms with van der Waals surface area (Å²) in [6.45, 7) is 4.82. The standard InChI is InChI=1S/C57H105NO5/c1-3-5-7-9-11-13-15-17-18-19-20-21-23-26-29-33-37-41-45-49-55(60)54(53-59)58-56(61)50-46-42-38-34-30-27-24-22-25-28-32-36-40-44-48-52-63-57(62)51-47-43-39-35-31-16-14-12-10-8-6-4-2/h12,14,22,25,28,32,45,49,54-55,59-60H,3-11,13,15-21,23-24,26-27,29-31,33-44,46-48,50-53H2,1-2H3,(H,58,61)/b14-12-,25-22-,32-28-,49-45+. The van der Waals surface area contributed by atoms with Crippen LogP contribution in [-0.2, 0) is 14.3 Å². The Hall–Kier alpha value is -2.18. The normalized spacial score (nSPS) is 13.0. The molecule has 368 valence electrons. The number of hydrogen-bond acceptors (Lipinski definition) is 5. The van der Waals surface area contributed by atoms with E-state index in [0.29, 0.717) is 19.4 Å². The summed E-state index contributed by atoms with van der Waals surface area (Å²) in [7, 11) is 0. The second-order valence-electron chi connectivity index (χ2n) is 18.6. The molecule has 6 heteroatoms. The number of aliphatic hydroxyl groups is 2. The van der Waals surface area contributed by atoms with Gasteiger partial charge in [-0.05, 0) is 89.9 Å². The summed E-state index contributed by atoms with van der Waals surface area (Å²) < 4.78 is 5.42. The molecule has 0 spiro atoms. The van der Waals surface area contributed by atoms with Crippen molar-refractivity contribution in [2.45, 2.75) is 289 Å². The molecule has 1 amide bonds. The molecule has 63 heavy (non-hydrogen) atoms. The number of allylic oxidation sites excluding steroid dienone is 7. The third-order valence-electron chi connectivity index (χ3n) is 12.3. The van der Waals surface area contributed by atoms with E-state index in [2.05, 4.69) is 55.6 Å². The highest BCUT2D eigenvalue weighted by Crippen LogP contribution is 2.16. The van der Waals surface area contributed by atoms with Crippen LogP contribution in [0.4, 0.5) is 0 Å². The molecule has 0 saturated carbocycles. The van der Waals surface area contributed by atoms with Crippen molar-refractivity contribution < 1.29 is 24.5 Å². The number of aliphatic hydroxyl groups excluding tert-OH is 2. The van der Waals surface area contributed by atoms with Crippen molar-refractivity contribution in [3.63, 3.8) is 0 Å². The Morgan fingerprint density at radius 3 is 1.25 bits per heavy atom. The zero-order valence-electron chi connectivity index (χ0n) is 41.8. The largest absolute Gasteiger partial charge is 0.466 e. The first-order valence-electron chi connectivity index (χ1n) is 27.4. The summed E-state index contributed by atoms with van der Waals surface area (Å²) in [5.74, 6) is -0.124. The van der Waals surface area contributed by atoms with E-state index in [4.69, 9.17) is 4.74 Å². The van der Waals surface area contributed by atoms with Crippen LogP contribution >= 0.6 is 0 Å². The smallest absolute Gasteiger partial charge is 0.305 e. The van der Waals surface area contributed by atoms with Crippen molar-refractivity contribution in [2.75, 3.05) is 13.2 Å². The molecule has 6 nitrogen and oxygen atoms in total. The van der Waals surface area contributed by atoms with E-state index < -0.39 is 12.1 Å². The minimum absolute atomic E-state index is 0.0335. The van der Waals surface area contributed by atoms with Gasteiger partial charge in [0, 0.05) is 12.8 Å². The summed E-state index contributed by atoms with van der Waals surface area (Å²) in [6.07, 6.45) is 65.5. The van der Waals surface area contributed by atoms with Crippen molar-refractivity contribution in [3.05, 3.63) is 48.6 Å². The van der Waals surface area contributed by atoms with Crippen LogP contribution in [0, 0.1) is 0 Å². The zero-order chi connectivity index (χ0) is 45.8. The van der Waals surface area contributed by atoms with Crippen LogP contribution in [0.15, 0.2) is 48.6 Å². The average Bonchev–Trinajstić information content (AvgIpc) is 3.28. The van der Waals surface area contributed by atoms with Crippen LogP contribution < -0.4 is 5.32 Å². The molecule has 0 aromatic heterocycles. The van der Waals surface area contributed by atoms with Crippen molar-refractivity contribution in [1.29, 1.82) is 0 Å². The predicted octanol–water partition coefficient (Wildman–Crippen LogP) is 16.6. The average molecular weight is 884 g/mol. The van der Waals surface area contributed by atoms with Gasteiger partial charge in [-0.15, -0.1) is 0 Å². The molecule has 0 rings (SSSR count). The van der Waals surface area contributed by atoms with E-state index in [9.17, 15) is 19.8 Å². The Balaban J connectivity index is 3.57. The summed E-state index contributed by atoms with van der Waals surface area (Å²) >= 11 is 0. The van der Waals surface area contributed by atoms with Gasteiger partial charge in [0.1, 0.15) is 0 Å². The number of ether oxygens (including phenoxy) is 1. The topological polar surface area (TPSA) is 95.9 Å². The molecular weight excluding hydrogens is 779 g/mol. The van der Waals surface area contributed by atoms with Gasteiger partial charge in [0.2, 0.25) is 5.91 Å². The van der Waals surface area contributed by atoms with Gasteiger partial charge in [-0.3, -0.25) is 9.59 Å². The minimum atomic E-state index is -0.860. The van der Waals surface area contributed by atoms with E-state index in [1.807, 2.05) is 6.08 Å². The molecule has 2 atom stereocenters. The quantitative estimate of drug-likeness (QED) is 0.0245. The number of unbranched alkanes of at least 4 members (excludes halogenated alkanes) is 34. The molecule has 3 N–H and O–H groups in total. The summed E-state index contributed by atoms with van der Waals surface area (Å²) in [4.78, 5) is 24.4. The van der Waals surface area contributed by atoms with Gasteiger partial charge >= 0.3 is 5.97 Å². The lowest BCUT2D eigenvalue weighted by molar-refractivity contribution is -0.143. The Morgan fingerprint density at radius 1 is 0.444 bits per heavy atom. The first-order chi connectivity index (χ1) is 31.0. The summed E-state index contributed by atoms with van der Waals surface area (Å²) in [5.41, 5.74) is 0. The van der Waals surface area contributed by atoms with E-state index in [1.54, 1.807) is 6.08 Å². The zero-order valence-corrected chi connectivity index (χ0v) is 41.8. The maximum absolute atomic E-state index is 12.5. The van der Waals surface area contributed by atoms with Crippen molar-refractivity contribution >= 4 is 11.9 Å². The molecule has 0 heterocycles. The van der Waals surface area contributed by atoms with Crippen molar-refractivity contribution in [2.24, 2.45) is 0 Å². The summed E-state index contributed by atoms with van der Waals surface area (Å²) in [5, 5.41) is 23.1. The Labute approximate surface area is 391 Å². The van der Waals surface area contributed by atoms with Crippen molar-refractivity contribution in [3.8, 4) is 0 Å². The number of carbonyl (C=O) groups is 2. The van der Waals surface area contributed by atoms with Crippen LogP contribution in [0.5, 0.6) is 0 Å². The lowest BCUT2D eigenvalue weighted by Crippen LogP contribution is -2.45. The van der Waals surface area contributed by atoms with Gasteiger partial charge in [0.25, 0.3) is 0 Å². The maximum atomic E-state index is 12.5. The highest BCUT2D eigenvalue weighted by Gasteiger charge is 2.18. The molecule has 0 saturated heterocycles. The molecule has 0 bridgehead atoms. The molecule has 0 aromatic rings. The van der Waals surface area contributed by atoms with Crippen LogP contribution in [0.1, 0.15) is 277 Å². The van der Waals surface area contributed by atoms with Gasteiger partial charge in [-0.1, -0.05) is 223 Å². The molecule has 0 radical (unpaired) electrons. The third kappa shape index (κ3) is 49.1. The highest BCUT2D eigenvalue weighted by atomic mass is 16.5. The lowest BCUT2D eigenvalue weighted by Gasteiger charge is -2.20. The molecule has 0 aliphatic heterocycles. The number of rotatable bonds is 50. The van der Waals surface area contributed by atoms with Crippen LogP contribution in [0.25, 0.3) is 0 Å². The molecule has 2 unspecified atom stereocenters. The third-order valence-corrected chi connectivity index (χ3v) is 12.3. The molecule has 0 aromatic carbocycles. The fourth-order valence-corrected chi connectivity index (χ4v) is 8.09. The van der Waals surface area contributed by atoms with E-state index >= 15 is 0 Å². The second-order valence-corrected chi connectivity index (χ2v) is 18.6. The van der Waals surface area contributed by atoms with Gasteiger partial charge in [0.15, 0.2) is 0 Å². The summed E-state index contributed by atoms with van der Waals surface area (Å²) in [6, 6.07) is -0.646. The molecular formula is C57H105NO5. The van der Waals surface area contributed by atoms with E-state index in [1.165, 1.54) is 173 Å². The van der Waals surface area contributed by atoms with Crippen molar-refractivity contribution in [1.82, 2.24) is 5.32 Å². The Kier molecular flexibility index (Phi) is 50.6. The Bertz CT molecular complexity index is 1070. The maximum Gasteiger partial charge on any atom is 0.305 e. The second kappa shape index (κ2) is 52.4. The number of amides is 1. The monoisotopic (exact) mass is 884 g/mol. The van der Waals surface area contributed by atoms with Gasteiger partial charge in [-0.2, -0.15) is 0 Å². The highest BCUT2D eigenvalue weighted by molar-refractivity contribution is 5.76. The first kappa shape index (κ1) is 60.8. The van der Waals surface area contributed by atoms with Gasteiger partial charge < -0.3 is 20.3 Å².